The second kappa shape index (κ2) is 9.87. The SMILES string of the molecule is COc1cccc(C(CNC(=O)Cc2csc(-c3ccccc3)n2)N2CCCC2)c1. The van der Waals surface area contributed by atoms with Crippen LogP contribution in [-0.4, -0.2) is 42.5 Å². The van der Waals surface area contributed by atoms with E-state index in [1.54, 1.807) is 18.4 Å². The number of methoxy groups -OCH3 is 1. The first-order valence-corrected chi connectivity index (χ1v) is 11.3. The van der Waals surface area contributed by atoms with Gasteiger partial charge in [-0.15, -0.1) is 11.3 Å². The maximum Gasteiger partial charge on any atom is 0.226 e. The van der Waals surface area contributed by atoms with Gasteiger partial charge in [-0.2, -0.15) is 0 Å². The molecule has 1 aliphatic heterocycles. The maximum atomic E-state index is 12.6. The molecular weight excluding hydrogens is 394 g/mol. The summed E-state index contributed by atoms with van der Waals surface area (Å²) < 4.78 is 5.40. The van der Waals surface area contributed by atoms with Crippen molar-refractivity contribution in [2.24, 2.45) is 0 Å². The molecule has 3 aromatic rings. The van der Waals surface area contributed by atoms with Gasteiger partial charge in [-0.1, -0.05) is 42.5 Å². The lowest BCUT2D eigenvalue weighted by Crippen LogP contribution is -2.37. The van der Waals surface area contributed by atoms with E-state index in [0.717, 1.165) is 35.1 Å². The van der Waals surface area contributed by atoms with Crippen LogP contribution in [0.4, 0.5) is 0 Å². The molecule has 0 spiro atoms. The summed E-state index contributed by atoms with van der Waals surface area (Å²) in [5.41, 5.74) is 3.08. The van der Waals surface area contributed by atoms with Gasteiger partial charge in [0.15, 0.2) is 0 Å². The minimum Gasteiger partial charge on any atom is -0.497 e. The summed E-state index contributed by atoms with van der Waals surface area (Å²) in [5, 5.41) is 6.06. The number of nitrogens with one attached hydrogen (secondary N) is 1. The number of amides is 1. The molecule has 156 valence electrons. The lowest BCUT2D eigenvalue weighted by Gasteiger charge is -2.28. The molecule has 30 heavy (non-hydrogen) atoms. The number of likely N-dealkylation sites (tertiary alicyclic amines) is 1. The van der Waals surface area contributed by atoms with Crippen molar-refractivity contribution in [3.8, 4) is 16.3 Å². The van der Waals surface area contributed by atoms with Crippen LogP contribution >= 0.6 is 11.3 Å². The van der Waals surface area contributed by atoms with E-state index in [9.17, 15) is 4.79 Å². The maximum absolute atomic E-state index is 12.6. The van der Waals surface area contributed by atoms with Crippen LogP contribution in [0.2, 0.25) is 0 Å². The van der Waals surface area contributed by atoms with Crippen LogP contribution in [0.5, 0.6) is 5.75 Å². The molecule has 0 radical (unpaired) electrons. The summed E-state index contributed by atoms with van der Waals surface area (Å²) in [7, 11) is 1.68. The zero-order valence-electron chi connectivity index (χ0n) is 17.2. The lowest BCUT2D eigenvalue weighted by atomic mass is 10.0. The predicted octanol–water partition coefficient (Wildman–Crippen LogP) is 4.31. The highest BCUT2D eigenvalue weighted by Gasteiger charge is 2.24. The van der Waals surface area contributed by atoms with Crippen molar-refractivity contribution >= 4 is 17.2 Å². The number of nitrogens with zero attached hydrogens (tertiary/aromatic N) is 2. The van der Waals surface area contributed by atoms with Gasteiger partial charge in [0, 0.05) is 17.5 Å². The average Bonchev–Trinajstić information content (AvgIpc) is 3.47. The van der Waals surface area contributed by atoms with Crippen LogP contribution < -0.4 is 10.1 Å². The van der Waals surface area contributed by atoms with Crippen molar-refractivity contribution in [3.63, 3.8) is 0 Å². The Kier molecular flexibility index (Phi) is 6.77. The summed E-state index contributed by atoms with van der Waals surface area (Å²) in [4.78, 5) is 19.7. The summed E-state index contributed by atoms with van der Waals surface area (Å²) in [5.74, 6) is 0.853. The fraction of sp³-hybridized carbons (Fsp3) is 0.333. The number of carbonyl (C=O) groups is 1. The summed E-state index contributed by atoms with van der Waals surface area (Å²) in [6.45, 7) is 2.70. The fourth-order valence-electron chi connectivity index (χ4n) is 3.90. The second-order valence-electron chi connectivity index (χ2n) is 7.53. The number of aromatic nitrogens is 1. The molecule has 1 aliphatic rings. The van der Waals surface area contributed by atoms with Gasteiger partial charge in [-0.05, 0) is 43.6 Å². The van der Waals surface area contributed by atoms with E-state index in [0.29, 0.717) is 13.0 Å². The van der Waals surface area contributed by atoms with E-state index < -0.39 is 0 Å². The molecule has 1 N–H and O–H groups in total. The van der Waals surface area contributed by atoms with Gasteiger partial charge in [-0.25, -0.2) is 4.98 Å². The van der Waals surface area contributed by atoms with Crippen molar-refractivity contribution in [2.75, 3.05) is 26.7 Å². The Morgan fingerprint density at radius 3 is 2.73 bits per heavy atom. The minimum absolute atomic E-state index is 0.00649. The van der Waals surface area contributed by atoms with Gasteiger partial charge in [-0.3, -0.25) is 9.69 Å². The molecule has 0 aliphatic carbocycles. The standard InChI is InChI=1S/C24H27N3O2S/c1-29-21-11-7-10-19(14-21)22(27-12-5-6-13-27)16-25-23(28)15-20-17-30-24(26-20)18-8-3-2-4-9-18/h2-4,7-11,14,17,22H,5-6,12-13,15-16H2,1H3,(H,25,28). The number of ether oxygens (including phenoxy) is 1. The van der Waals surface area contributed by atoms with E-state index in [2.05, 4.69) is 27.3 Å². The van der Waals surface area contributed by atoms with E-state index in [1.807, 2.05) is 47.8 Å². The predicted molar refractivity (Wildman–Crippen MR) is 121 cm³/mol. The fourth-order valence-corrected chi connectivity index (χ4v) is 4.72. The van der Waals surface area contributed by atoms with Gasteiger partial charge in [0.2, 0.25) is 5.91 Å². The third kappa shape index (κ3) is 5.07. The lowest BCUT2D eigenvalue weighted by molar-refractivity contribution is -0.120. The summed E-state index contributed by atoms with van der Waals surface area (Å²) in [6.07, 6.45) is 2.71. The van der Waals surface area contributed by atoms with Crippen molar-refractivity contribution in [1.29, 1.82) is 0 Å². The monoisotopic (exact) mass is 421 g/mol. The number of thiazole rings is 1. The van der Waals surface area contributed by atoms with Gasteiger partial charge in [0.1, 0.15) is 10.8 Å². The molecule has 5 nitrogen and oxygen atoms in total. The van der Waals surface area contributed by atoms with Gasteiger partial charge < -0.3 is 10.1 Å². The Bertz CT molecular complexity index is 967. The molecule has 1 unspecified atom stereocenters. The zero-order valence-corrected chi connectivity index (χ0v) is 18.0. The second-order valence-corrected chi connectivity index (χ2v) is 8.38. The Morgan fingerprint density at radius 2 is 1.97 bits per heavy atom. The molecule has 1 atom stereocenters. The van der Waals surface area contributed by atoms with Crippen molar-refractivity contribution in [3.05, 3.63) is 71.2 Å². The smallest absolute Gasteiger partial charge is 0.226 e. The number of hydrogen-bond donors (Lipinski definition) is 1. The number of benzene rings is 2. The molecule has 2 heterocycles. The highest BCUT2D eigenvalue weighted by Crippen LogP contribution is 2.27. The molecule has 2 aromatic carbocycles. The van der Waals surface area contributed by atoms with E-state index in [-0.39, 0.29) is 11.9 Å². The highest BCUT2D eigenvalue weighted by atomic mass is 32.1. The van der Waals surface area contributed by atoms with Crippen LogP contribution in [0.1, 0.15) is 30.1 Å². The average molecular weight is 422 g/mol. The van der Waals surface area contributed by atoms with Gasteiger partial charge >= 0.3 is 0 Å². The normalized spacial score (nSPS) is 15.1. The molecule has 0 saturated carbocycles. The first kappa shape index (κ1) is 20.6. The van der Waals surface area contributed by atoms with Crippen molar-refractivity contribution < 1.29 is 9.53 Å². The van der Waals surface area contributed by atoms with Crippen LogP contribution in [0.3, 0.4) is 0 Å². The molecule has 0 bridgehead atoms. The Balaban J connectivity index is 1.39. The van der Waals surface area contributed by atoms with Crippen molar-refractivity contribution in [2.45, 2.75) is 25.3 Å². The quantitative estimate of drug-likeness (QED) is 0.589. The van der Waals surface area contributed by atoms with Crippen LogP contribution in [0.25, 0.3) is 10.6 Å². The third-order valence-corrected chi connectivity index (χ3v) is 6.41. The van der Waals surface area contributed by atoms with Crippen LogP contribution in [-0.2, 0) is 11.2 Å². The Morgan fingerprint density at radius 1 is 1.17 bits per heavy atom. The van der Waals surface area contributed by atoms with Gasteiger partial charge in [0.25, 0.3) is 0 Å². The topological polar surface area (TPSA) is 54.5 Å². The highest BCUT2D eigenvalue weighted by molar-refractivity contribution is 7.13. The van der Waals surface area contributed by atoms with E-state index in [1.165, 1.54) is 18.4 Å². The number of carbonyl (C=O) groups excluding carboxylic acids is 1. The van der Waals surface area contributed by atoms with Crippen LogP contribution in [0, 0.1) is 0 Å². The minimum atomic E-state index is 0.00649. The van der Waals surface area contributed by atoms with Gasteiger partial charge in [0.05, 0.1) is 25.3 Å². The Hall–Kier alpha value is -2.70. The summed E-state index contributed by atoms with van der Waals surface area (Å²) >= 11 is 1.58. The van der Waals surface area contributed by atoms with E-state index in [4.69, 9.17) is 4.74 Å². The molecule has 1 fully saturated rings. The Labute approximate surface area is 181 Å². The van der Waals surface area contributed by atoms with E-state index >= 15 is 0 Å². The zero-order chi connectivity index (χ0) is 20.8. The largest absolute Gasteiger partial charge is 0.497 e. The molecule has 1 saturated heterocycles. The molecule has 1 aromatic heterocycles. The first-order valence-electron chi connectivity index (χ1n) is 10.4. The molecule has 4 rings (SSSR count). The summed E-state index contributed by atoms with van der Waals surface area (Å²) in [6, 6.07) is 18.4. The molecular formula is C24H27N3O2S. The third-order valence-electron chi connectivity index (χ3n) is 5.47. The number of rotatable bonds is 8. The molecule has 6 heteroatoms. The number of hydrogen-bond acceptors (Lipinski definition) is 5. The molecule has 1 amide bonds. The van der Waals surface area contributed by atoms with Crippen molar-refractivity contribution in [1.82, 2.24) is 15.2 Å². The first-order chi connectivity index (χ1) is 14.7. The van der Waals surface area contributed by atoms with Crippen LogP contribution in [0.15, 0.2) is 60.0 Å².